The Morgan fingerprint density at radius 3 is 2.82 bits per heavy atom. The number of thiazole rings is 1. The summed E-state index contributed by atoms with van der Waals surface area (Å²) in [6, 6.07) is 0.469. The first kappa shape index (κ1) is 17.3. The van der Waals surface area contributed by atoms with Crippen LogP contribution in [0.25, 0.3) is 0 Å². The number of hydrogen-bond donors (Lipinski definition) is 2. The van der Waals surface area contributed by atoms with Gasteiger partial charge in [-0.3, -0.25) is 4.99 Å². The molecule has 5 heteroatoms. The molecule has 0 aliphatic heterocycles. The molecular formula is C17H30N4S. The SMILES string of the molecule is CN=C(NCc1cnc(C)s1)NC(C)CCC1CCCCC1. The predicted octanol–water partition coefficient (Wildman–Crippen LogP) is 3.87. The van der Waals surface area contributed by atoms with Gasteiger partial charge in [-0.05, 0) is 32.6 Å². The standard InChI is InChI=1S/C17H30N4S/c1-13(9-10-15-7-5-4-6-8-15)21-17(18-3)20-12-16-11-19-14(2)22-16/h11,13,15H,4-10,12H2,1-3H3,(H2,18,20,21). The molecule has 0 bridgehead atoms. The van der Waals surface area contributed by atoms with Crippen LogP contribution in [0.2, 0.25) is 0 Å². The largest absolute Gasteiger partial charge is 0.354 e. The number of aliphatic imine (C=N–C) groups is 1. The van der Waals surface area contributed by atoms with E-state index in [1.807, 2.05) is 20.2 Å². The Bertz CT molecular complexity index is 463. The van der Waals surface area contributed by atoms with E-state index in [0.717, 1.165) is 23.4 Å². The predicted molar refractivity (Wildman–Crippen MR) is 95.5 cm³/mol. The highest BCUT2D eigenvalue weighted by Gasteiger charge is 2.15. The minimum absolute atomic E-state index is 0.469. The highest BCUT2D eigenvalue weighted by Crippen LogP contribution is 2.27. The summed E-state index contributed by atoms with van der Waals surface area (Å²) >= 11 is 1.73. The minimum Gasteiger partial charge on any atom is -0.354 e. The van der Waals surface area contributed by atoms with E-state index in [1.54, 1.807) is 11.3 Å². The first-order chi connectivity index (χ1) is 10.7. The fourth-order valence-corrected chi connectivity index (χ4v) is 3.85. The monoisotopic (exact) mass is 322 g/mol. The molecule has 1 aromatic rings. The number of rotatable bonds is 6. The molecule has 0 spiro atoms. The summed E-state index contributed by atoms with van der Waals surface area (Å²) in [6.45, 7) is 5.08. The molecule has 1 saturated carbocycles. The van der Waals surface area contributed by atoms with Crippen LogP contribution in [0.3, 0.4) is 0 Å². The number of hydrogen-bond acceptors (Lipinski definition) is 3. The van der Waals surface area contributed by atoms with Crippen molar-refractivity contribution in [2.45, 2.75) is 71.4 Å². The second-order valence-corrected chi connectivity index (χ2v) is 7.72. The van der Waals surface area contributed by atoms with Crippen LogP contribution in [-0.4, -0.2) is 24.0 Å². The number of aryl methyl sites for hydroxylation is 1. The zero-order valence-corrected chi connectivity index (χ0v) is 15.0. The van der Waals surface area contributed by atoms with Crippen LogP contribution in [0.5, 0.6) is 0 Å². The minimum atomic E-state index is 0.469. The molecule has 0 radical (unpaired) electrons. The van der Waals surface area contributed by atoms with E-state index in [4.69, 9.17) is 0 Å². The molecule has 1 heterocycles. The highest BCUT2D eigenvalue weighted by molar-refractivity contribution is 7.11. The van der Waals surface area contributed by atoms with Gasteiger partial charge in [0.25, 0.3) is 0 Å². The van der Waals surface area contributed by atoms with Crippen molar-refractivity contribution in [1.82, 2.24) is 15.6 Å². The molecule has 1 fully saturated rings. The van der Waals surface area contributed by atoms with Gasteiger partial charge < -0.3 is 10.6 Å². The van der Waals surface area contributed by atoms with E-state index >= 15 is 0 Å². The summed E-state index contributed by atoms with van der Waals surface area (Å²) in [4.78, 5) is 9.85. The third kappa shape index (κ3) is 5.95. The Labute approximate surface area is 138 Å². The average Bonchev–Trinajstić information content (AvgIpc) is 2.96. The molecule has 1 aromatic heterocycles. The summed E-state index contributed by atoms with van der Waals surface area (Å²) in [7, 11) is 1.83. The molecule has 0 amide bonds. The summed E-state index contributed by atoms with van der Waals surface area (Å²) in [5, 5.41) is 8.00. The Kier molecular flexibility index (Phi) is 7.16. The van der Waals surface area contributed by atoms with Gasteiger partial charge >= 0.3 is 0 Å². The van der Waals surface area contributed by atoms with Crippen molar-refractivity contribution in [3.8, 4) is 0 Å². The van der Waals surface area contributed by atoms with E-state index < -0.39 is 0 Å². The molecule has 2 N–H and O–H groups in total. The van der Waals surface area contributed by atoms with E-state index in [1.165, 1.54) is 49.8 Å². The highest BCUT2D eigenvalue weighted by atomic mass is 32.1. The van der Waals surface area contributed by atoms with Gasteiger partial charge in [0.1, 0.15) is 0 Å². The second-order valence-electron chi connectivity index (χ2n) is 6.40. The van der Waals surface area contributed by atoms with Gasteiger partial charge in [0, 0.05) is 24.2 Å². The first-order valence-corrected chi connectivity index (χ1v) is 9.37. The topological polar surface area (TPSA) is 49.3 Å². The molecular weight excluding hydrogens is 292 g/mol. The fraction of sp³-hybridized carbons (Fsp3) is 0.765. The normalized spacial score (nSPS) is 18.2. The van der Waals surface area contributed by atoms with E-state index in [9.17, 15) is 0 Å². The Hall–Kier alpha value is -1.10. The van der Waals surface area contributed by atoms with Crippen molar-refractivity contribution in [2.75, 3.05) is 7.05 Å². The van der Waals surface area contributed by atoms with Gasteiger partial charge in [-0.2, -0.15) is 0 Å². The third-order valence-corrected chi connectivity index (χ3v) is 5.35. The summed E-state index contributed by atoms with van der Waals surface area (Å²) < 4.78 is 0. The number of aromatic nitrogens is 1. The van der Waals surface area contributed by atoms with Crippen LogP contribution >= 0.6 is 11.3 Å². The van der Waals surface area contributed by atoms with E-state index in [2.05, 4.69) is 27.5 Å². The van der Waals surface area contributed by atoms with E-state index in [-0.39, 0.29) is 0 Å². The Balaban J connectivity index is 1.67. The molecule has 22 heavy (non-hydrogen) atoms. The van der Waals surface area contributed by atoms with Crippen LogP contribution in [0.1, 0.15) is 61.8 Å². The lowest BCUT2D eigenvalue weighted by atomic mass is 9.85. The number of nitrogens with zero attached hydrogens (tertiary/aromatic N) is 2. The third-order valence-electron chi connectivity index (χ3n) is 4.44. The van der Waals surface area contributed by atoms with Crippen molar-refractivity contribution < 1.29 is 0 Å². The Morgan fingerprint density at radius 1 is 1.41 bits per heavy atom. The molecule has 1 unspecified atom stereocenters. The van der Waals surface area contributed by atoms with Gasteiger partial charge in [0.05, 0.1) is 11.6 Å². The lowest BCUT2D eigenvalue weighted by Crippen LogP contribution is -2.41. The van der Waals surface area contributed by atoms with Crippen LogP contribution in [0, 0.1) is 12.8 Å². The van der Waals surface area contributed by atoms with Crippen molar-refractivity contribution in [3.63, 3.8) is 0 Å². The lowest BCUT2D eigenvalue weighted by Gasteiger charge is -2.24. The van der Waals surface area contributed by atoms with Gasteiger partial charge in [-0.25, -0.2) is 4.98 Å². The summed E-state index contributed by atoms with van der Waals surface area (Å²) in [5.41, 5.74) is 0. The zero-order chi connectivity index (χ0) is 15.8. The van der Waals surface area contributed by atoms with Gasteiger partial charge in [-0.1, -0.05) is 32.1 Å². The van der Waals surface area contributed by atoms with Crippen LogP contribution in [-0.2, 0) is 6.54 Å². The van der Waals surface area contributed by atoms with Crippen molar-refractivity contribution in [3.05, 3.63) is 16.1 Å². The van der Waals surface area contributed by atoms with Gasteiger partial charge in [-0.15, -0.1) is 11.3 Å². The quantitative estimate of drug-likeness (QED) is 0.617. The molecule has 1 atom stereocenters. The van der Waals surface area contributed by atoms with Gasteiger partial charge in [0.2, 0.25) is 0 Å². The van der Waals surface area contributed by atoms with Crippen LogP contribution in [0.4, 0.5) is 0 Å². The van der Waals surface area contributed by atoms with Crippen LogP contribution < -0.4 is 10.6 Å². The number of nitrogens with one attached hydrogen (secondary N) is 2. The van der Waals surface area contributed by atoms with Gasteiger partial charge in [0.15, 0.2) is 5.96 Å². The smallest absolute Gasteiger partial charge is 0.191 e. The molecule has 2 rings (SSSR count). The molecule has 0 aromatic carbocycles. The molecule has 4 nitrogen and oxygen atoms in total. The number of guanidine groups is 1. The summed E-state index contributed by atoms with van der Waals surface area (Å²) in [5.74, 6) is 1.84. The van der Waals surface area contributed by atoms with E-state index in [0.29, 0.717) is 6.04 Å². The van der Waals surface area contributed by atoms with Crippen molar-refractivity contribution in [2.24, 2.45) is 10.9 Å². The molecule has 124 valence electrons. The fourth-order valence-electron chi connectivity index (χ4n) is 3.12. The first-order valence-electron chi connectivity index (χ1n) is 8.56. The Morgan fingerprint density at radius 2 is 2.18 bits per heavy atom. The molecule has 0 saturated heterocycles. The second kappa shape index (κ2) is 9.13. The lowest BCUT2D eigenvalue weighted by molar-refractivity contribution is 0.322. The maximum Gasteiger partial charge on any atom is 0.191 e. The average molecular weight is 323 g/mol. The van der Waals surface area contributed by atoms with Crippen molar-refractivity contribution in [1.29, 1.82) is 0 Å². The summed E-state index contributed by atoms with van der Waals surface area (Å²) in [6.07, 6.45) is 11.7. The van der Waals surface area contributed by atoms with Crippen LogP contribution in [0.15, 0.2) is 11.2 Å². The maximum atomic E-state index is 4.32. The molecule has 1 aliphatic carbocycles. The maximum absolute atomic E-state index is 4.32. The molecule has 1 aliphatic rings. The zero-order valence-electron chi connectivity index (χ0n) is 14.2. The van der Waals surface area contributed by atoms with Crippen molar-refractivity contribution >= 4 is 17.3 Å².